The molecular formula is C19H29NO3. The van der Waals surface area contributed by atoms with E-state index in [2.05, 4.69) is 33.0 Å². The normalized spacial score (nSPS) is 15.9. The van der Waals surface area contributed by atoms with E-state index < -0.39 is 5.54 Å². The molecule has 1 aliphatic heterocycles. The maximum atomic E-state index is 12.4. The number of benzene rings is 1. The molecule has 0 aromatic heterocycles. The maximum absolute atomic E-state index is 12.4. The number of nitrogens with one attached hydrogen (secondary N) is 1. The SMILES string of the molecule is CC(CC(=O)NC(C)(C)c1ccc2c(c1)OCCO2)C(C)(C)C. The summed E-state index contributed by atoms with van der Waals surface area (Å²) in [6.45, 7) is 13.8. The van der Waals surface area contributed by atoms with Gasteiger partial charge in [0, 0.05) is 6.42 Å². The smallest absolute Gasteiger partial charge is 0.220 e. The second-order valence-corrected chi connectivity index (χ2v) is 8.00. The molecule has 1 amide bonds. The van der Waals surface area contributed by atoms with E-state index in [1.54, 1.807) is 0 Å². The zero-order valence-electron chi connectivity index (χ0n) is 15.2. The minimum Gasteiger partial charge on any atom is -0.486 e. The maximum Gasteiger partial charge on any atom is 0.220 e. The molecule has 4 heteroatoms. The van der Waals surface area contributed by atoms with Crippen molar-refractivity contribution in [2.45, 2.75) is 53.5 Å². The molecule has 0 saturated carbocycles. The molecule has 0 bridgehead atoms. The molecule has 128 valence electrons. The molecular weight excluding hydrogens is 290 g/mol. The van der Waals surface area contributed by atoms with Crippen LogP contribution in [0.1, 0.15) is 53.5 Å². The fourth-order valence-electron chi connectivity index (χ4n) is 2.49. The number of carbonyl (C=O) groups is 1. The molecule has 1 aromatic rings. The van der Waals surface area contributed by atoms with Crippen LogP contribution in [0.5, 0.6) is 11.5 Å². The molecule has 4 nitrogen and oxygen atoms in total. The van der Waals surface area contributed by atoms with Gasteiger partial charge < -0.3 is 14.8 Å². The van der Waals surface area contributed by atoms with E-state index in [-0.39, 0.29) is 11.3 Å². The van der Waals surface area contributed by atoms with Gasteiger partial charge in [-0.25, -0.2) is 0 Å². The van der Waals surface area contributed by atoms with Gasteiger partial charge in [0.05, 0.1) is 5.54 Å². The summed E-state index contributed by atoms with van der Waals surface area (Å²) in [6, 6.07) is 5.86. The van der Waals surface area contributed by atoms with Crippen molar-refractivity contribution >= 4 is 5.91 Å². The standard InChI is InChI=1S/C19H29NO3/c1-13(18(2,3)4)11-17(21)20-19(5,6)14-7-8-15-16(12-14)23-10-9-22-15/h7-8,12-13H,9-11H2,1-6H3,(H,20,21). The van der Waals surface area contributed by atoms with Crippen LogP contribution in [0.15, 0.2) is 18.2 Å². The van der Waals surface area contributed by atoms with Gasteiger partial charge in [0.25, 0.3) is 0 Å². The lowest BCUT2D eigenvalue weighted by Gasteiger charge is -2.31. The van der Waals surface area contributed by atoms with Crippen LogP contribution in [0.2, 0.25) is 0 Å². The van der Waals surface area contributed by atoms with Gasteiger partial charge in [-0.05, 0) is 42.9 Å². The Morgan fingerprint density at radius 2 is 1.74 bits per heavy atom. The van der Waals surface area contributed by atoms with Gasteiger partial charge in [0.2, 0.25) is 5.91 Å². The van der Waals surface area contributed by atoms with Gasteiger partial charge in [0.15, 0.2) is 11.5 Å². The molecule has 0 spiro atoms. The summed E-state index contributed by atoms with van der Waals surface area (Å²) < 4.78 is 11.2. The van der Waals surface area contributed by atoms with Crippen molar-refractivity contribution in [3.05, 3.63) is 23.8 Å². The van der Waals surface area contributed by atoms with E-state index in [9.17, 15) is 4.79 Å². The predicted octanol–water partition coefficient (Wildman–Crippen LogP) is 3.88. The summed E-state index contributed by atoms with van der Waals surface area (Å²) >= 11 is 0. The molecule has 2 rings (SSSR count). The van der Waals surface area contributed by atoms with E-state index in [0.29, 0.717) is 25.6 Å². The van der Waals surface area contributed by atoms with Crippen LogP contribution in [0.25, 0.3) is 0 Å². The zero-order chi connectivity index (χ0) is 17.3. The highest BCUT2D eigenvalue weighted by Gasteiger charge is 2.28. The van der Waals surface area contributed by atoms with Crippen molar-refractivity contribution in [1.82, 2.24) is 5.32 Å². The summed E-state index contributed by atoms with van der Waals surface area (Å²) in [5.41, 5.74) is 0.682. The Kier molecular flexibility index (Phi) is 4.92. The van der Waals surface area contributed by atoms with Gasteiger partial charge in [0.1, 0.15) is 13.2 Å². The molecule has 1 aliphatic rings. The highest BCUT2D eigenvalue weighted by Crippen LogP contribution is 2.34. The van der Waals surface area contributed by atoms with Crippen molar-refractivity contribution < 1.29 is 14.3 Å². The first kappa shape index (κ1) is 17.6. The molecule has 1 aromatic carbocycles. The highest BCUT2D eigenvalue weighted by atomic mass is 16.6. The van der Waals surface area contributed by atoms with Crippen LogP contribution >= 0.6 is 0 Å². The molecule has 1 N–H and O–H groups in total. The van der Waals surface area contributed by atoms with Crippen molar-refractivity contribution in [3.8, 4) is 11.5 Å². The zero-order valence-corrected chi connectivity index (χ0v) is 15.2. The topological polar surface area (TPSA) is 47.6 Å². The van der Waals surface area contributed by atoms with Crippen molar-refractivity contribution in [2.24, 2.45) is 11.3 Å². The van der Waals surface area contributed by atoms with Gasteiger partial charge in [-0.1, -0.05) is 33.8 Å². The summed E-state index contributed by atoms with van der Waals surface area (Å²) in [7, 11) is 0. The van der Waals surface area contributed by atoms with E-state index in [4.69, 9.17) is 9.47 Å². The minimum absolute atomic E-state index is 0.0762. The number of hydrogen-bond donors (Lipinski definition) is 1. The summed E-state index contributed by atoms with van der Waals surface area (Å²) in [4.78, 5) is 12.4. The number of ether oxygens (including phenoxy) is 2. The first-order chi connectivity index (χ1) is 10.6. The molecule has 1 heterocycles. The third-order valence-electron chi connectivity index (χ3n) is 4.69. The minimum atomic E-state index is -0.454. The molecule has 0 radical (unpaired) electrons. The quantitative estimate of drug-likeness (QED) is 0.916. The lowest BCUT2D eigenvalue weighted by Crippen LogP contribution is -2.42. The van der Waals surface area contributed by atoms with E-state index >= 15 is 0 Å². The highest BCUT2D eigenvalue weighted by molar-refractivity contribution is 5.77. The Bertz CT molecular complexity index is 572. The van der Waals surface area contributed by atoms with Crippen LogP contribution in [0.4, 0.5) is 0 Å². The fraction of sp³-hybridized carbons (Fsp3) is 0.632. The first-order valence-corrected chi connectivity index (χ1v) is 8.31. The fourth-order valence-corrected chi connectivity index (χ4v) is 2.49. The van der Waals surface area contributed by atoms with Gasteiger partial charge in [-0.3, -0.25) is 4.79 Å². The van der Waals surface area contributed by atoms with E-state index in [1.165, 1.54) is 0 Å². The summed E-state index contributed by atoms with van der Waals surface area (Å²) in [5, 5.41) is 3.15. The average Bonchev–Trinajstić information content (AvgIpc) is 2.45. The average molecular weight is 319 g/mol. The molecule has 1 atom stereocenters. The first-order valence-electron chi connectivity index (χ1n) is 8.31. The monoisotopic (exact) mass is 319 g/mol. The largest absolute Gasteiger partial charge is 0.486 e. The summed E-state index contributed by atoms with van der Waals surface area (Å²) in [6.07, 6.45) is 0.525. The molecule has 0 aliphatic carbocycles. The Morgan fingerprint density at radius 1 is 1.13 bits per heavy atom. The lowest BCUT2D eigenvalue weighted by molar-refractivity contribution is -0.124. The molecule has 1 unspecified atom stereocenters. The third kappa shape index (κ3) is 4.40. The van der Waals surface area contributed by atoms with E-state index in [0.717, 1.165) is 17.1 Å². The molecule has 0 saturated heterocycles. The van der Waals surface area contributed by atoms with Gasteiger partial charge >= 0.3 is 0 Å². The second kappa shape index (κ2) is 6.42. The van der Waals surface area contributed by atoms with E-state index in [1.807, 2.05) is 32.0 Å². The van der Waals surface area contributed by atoms with Crippen LogP contribution in [0, 0.1) is 11.3 Å². The van der Waals surface area contributed by atoms with Crippen molar-refractivity contribution in [1.29, 1.82) is 0 Å². The van der Waals surface area contributed by atoms with Crippen molar-refractivity contribution in [2.75, 3.05) is 13.2 Å². The number of rotatable bonds is 4. The van der Waals surface area contributed by atoms with Crippen LogP contribution in [0.3, 0.4) is 0 Å². The summed E-state index contributed by atoms with van der Waals surface area (Å²) in [5.74, 6) is 1.91. The van der Waals surface area contributed by atoms with Crippen LogP contribution in [-0.4, -0.2) is 19.1 Å². The Labute approximate surface area is 139 Å². The Morgan fingerprint density at radius 3 is 2.35 bits per heavy atom. The predicted molar refractivity (Wildman–Crippen MR) is 91.8 cm³/mol. The van der Waals surface area contributed by atoms with Crippen molar-refractivity contribution in [3.63, 3.8) is 0 Å². The Balaban J connectivity index is 2.08. The van der Waals surface area contributed by atoms with Gasteiger partial charge in [-0.15, -0.1) is 0 Å². The van der Waals surface area contributed by atoms with Crippen LogP contribution < -0.4 is 14.8 Å². The number of fused-ring (bicyclic) bond motifs is 1. The number of hydrogen-bond acceptors (Lipinski definition) is 3. The lowest BCUT2D eigenvalue weighted by atomic mass is 9.80. The third-order valence-corrected chi connectivity index (χ3v) is 4.69. The number of amides is 1. The molecule has 23 heavy (non-hydrogen) atoms. The number of carbonyl (C=O) groups excluding carboxylic acids is 1. The van der Waals surface area contributed by atoms with Crippen LogP contribution in [-0.2, 0) is 10.3 Å². The Hall–Kier alpha value is -1.71. The second-order valence-electron chi connectivity index (χ2n) is 8.00. The molecule has 0 fully saturated rings. The van der Waals surface area contributed by atoms with Gasteiger partial charge in [-0.2, -0.15) is 0 Å².